The normalized spacial score (nSPS) is 16.9. The van der Waals surface area contributed by atoms with Gasteiger partial charge in [0.1, 0.15) is 0 Å². The van der Waals surface area contributed by atoms with Crippen LogP contribution < -0.4 is 0 Å². The zero-order chi connectivity index (χ0) is 20.4. The van der Waals surface area contributed by atoms with Crippen LogP contribution in [0.2, 0.25) is 0 Å². The summed E-state index contributed by atoms with van der Waals surface area (Å²) >= 11 is 0. The van der Waals surface area contributed by atoms with Gasteiger partial charge in [0.05, 0.1) is 9.79 Å². The Bertz CT molecular complexity index is 921. The Morgan fingerprint density at radius 1 is 0.607 bits per heavy atom. The molecule has 0 aromatic heterocycles. The monoisotopic (exact) mass is 422 g/mol. The largest absolute Gasteiger partial charge is 0.243 e. The standard InChI is InChI=1S/C20H26N2O4S2/c1-3-17-5-9-19(10-6-17)27(23,24)21-13-15-22(16-14-21)28(25,26)20-11-7-18(4-2)8-12-20/h5-12H,3-4,13-16H2,1-2H3. The van der Waals surface area contributed by atoms with E-state index in [1.807, 2.05) is 38.1 Å². The number of rotatable bonds is 6. The van der Waals surface area contributed by atoms with Crippen molar-refractivity contribution >= 4 is 20.0 Å². The minimum Gasteiger partial charge on any atom is -0.207 e. The number of sulfonamides is 2. The number of piperazine rings is 1. The van der Waals surface area contributed by atoms with Crippen molar-refractivity contribution in [1.82, 2.24) is 8.61 Å². The second-order valence-corrected chi connectivity index (χ2v) is 10.7. The third-order valence-corrected chi connectivity index (χ3v) is 8.96. The molecule has 1 aliphatic rings. The molecule has 0 radical (unpaired) electrons. The zero-order valence-corrected chi connectivity index (χ0v) is 17.8. The van der Waals surface area contributed by atoms with E-state index < -0.39 is 20.0 Å². The Morgan fingerprint density at radius 3 is 1.14 bits per heavy atom. The number of benzene rings is 2. The maximum absolute atomic E-state index is 12.8. The van der Waals surface area contributed by atoms with Gasteiger partial charge in [-0.25, -0.2) is 16.8 Å². The molecule has 6 nitrogen and oxygen atoms in total. The van der Waals surface area contributed by atoms with Gasteiger partial charge in [-0.05, 0) is 48.2 Å². The van der Waals surface area contributed by atoms with Crippen LogP contribution in [0.4, 0.5) is 0 Å². The molecule has 1 aliphatic heterocycles. The van der Waals surface area contributed by atoms with Crippen molar-refractivity contribution in [2.24, 2.45) is 0 Å². The van der Waals surface area contributed by atoms with Gasteiger partial charge in [0, 0.05) is 26.2 Å². The van der Waals surface area contributed by atoms with Gasteiger partial charge in [0.25, 0.3) is 0 Å². The molecular weight excluding hydrogens is 396 g/mol. The van der Waals surface area contributed by atoms with Crippen LogP contribution in [0.5, 0.6) is 0 Å². The number of hydrogen-bond donors (Lipinski definition) is 0. The lowest BCUT2D eigenvalue weighted by atomic mass is 10.2. The molecule has 0 N–H and O–H groups in total. The van der Waals surface area contributed by atoms with E-state index in [9.17, 15) is 16.8 Å². The topological polar surface area (TPSA) is 74.8 Å². The van der Waals surface area contributed by atoms with Gasteiger partial charge in [0.2, 0.25) is 20.0 Å². The SMILES string of the molecule is CCc1ccc(S(=O)(=O)N2CCN(S(=O)(=O)c3ccc(CC)cc3)CC2)cc1. The predicted octanol–water partition coefficient (Wildman–Crippen LogP) is 2.51. The molecule has 2 aromatic rings. The molecule has 3 rings (SSSR count). The summed E-state index contributed by atoms with van der Waals surface area (Å²) in [5, 5.41) is 0. The second kappa shape index (κ2) is 8.32. The molecule has 1 fully saturated rings. The Kier molecular flexibility index (Phi) is 6.24. The molecule has 1 heterocycles. The van der Waals surface area contributed by atoms with E-state index in [1.54, 1.807) is 24.3 Å². The third-order valence-electron chi connectivity index (χ3n) is 5.14. The number of hydrogen-bond acceptors (Lipinski definition) is 4. The average Bonchev–Trinajstić information content (AvgIpc) is 2.74. The molecule has 152 valence electrons. The highest BCUT2D eigenvalue weighted by Crippen LogP contribution is 2.22. The van der Waals surface area contributed by atoms with Crippen LogP contribution in [-0.4, -0.2) is 51.6 Å². The van der Waals surface area contributed by atoms with Gasteiger partial charge in [-0.2, -0.15) is 8.61 Å². The van der Waals surface area contributed by atoms with E-state index in [2.05, 4.69) is 0 Å². The van der Waals surface area contributed by atoms with Crippen LogP contribution in [0.25, 0.3) is 0 Å². The molecule has 0 saturated carbocycles. The van der Waals surface area contributed by atoms with Crippen LogP contribution in [0.15, 0.2) is 58.3 Å². The molecule has 2 aromatic carbocycles. The summed E-state index contributed by atoms with van der Waals surface area (Å²) in [6.45, 7) is 4.60. The Hall–Kier alpha value is -1.74. The smallest absolute Gasteiger partial charge is 0.207 e. The summed E-state index contributed by atoms with van der Waals surface area (Å²) in [5.41, 5.74) is 2.15. The van der Waals surface area contributed by atoms with Gasteiger partial charge in [-0.3, -0.25) is 0 Å². The fraction of sp³-hybridized carbons (Fsp3) is 0.400. The first-order valence-corrected chi connectivity index (χ1v) is 12.3. The quantitative estimate of drug-likeness (QED) is 0.717. The van der Waals surface area contributed by atoms with Crippen molar-refractivity contribution in [2.75, 3.05) is 26.2 Å². The van der Waals surface area contributed by atoms with Crippen molar-refractivity contribution < 1.29 is 16.8 Å². The van der Waals surface area contributed by atoms with Gasteiger partial charge in [0.15, 0.2) is 0 Å². The molecule has 0 spiro atoms. The molecule has 0 atom stereocenters. The van der Waals surface area contributed by atoms with Crippen molar-refractivity contribution in [3.63, 3.8) is 0 Å². The van der Waals surface area contributed by atoms with Crippen LogP contribution in [0, 0.1) is 0 Å². The fourth-order valence-corrected chi connectivity index (χ4v) is 6.09. The molecule has 28 heavy (non-hydrogen) atoms. The first-order chi connectivity index (χ1) is 13.3. The lowest BCUT2D eigenvalue weighted by Crippen LogP contribution is -2.50. The first-order valence-electron chi connectivity index (χ1n) is 9.47. The second-order valence-electron chi connectivity index (χ2n) is 6.80. The van der Waals surface area contributed by atoms with Crippen molar-refractivity contribution in [1.29, 1.82) is 0 Å². The minimum atomic E-state index is -3.62. The van der Waals surface area contributed by atoms with E-state index in [-0.39, 0.29) is 36.0 Å². The van der Waals surface area contributed by atoms with Gasteiger partial charge in [-0.1, -0.05) is 38.1 Å². The molecular formula is C20H26N2O4S2. The third kappa shape index (κ3) is 4.15. The van der Waals surface area contributed by atoms with Crippen LogP contribution in [0.3, 0.4) is 0 Å². The Balaban J connectivity index is 1.72. The zero-order valence-electron chi connectivity index (χ0n) is 16.2. The summed E-state index contributed by atoms with van der Waals surface area (Å²) < 4.78 is 54.1. The van der Waals surface area contributed by atoms with E-state index >= 15 is 0 Å². The Labute approximate surface area is 167 Å². The van der Waals surface area contributed by atoms with Crippen LogP contribution >= 0.6 is 0 Å². The van der Waals surface area contributed by atoms with Crippen molar-refractivity contribution in [3.8, 4) is 0 Å². The van der Waals surface area contributed by atoms with Crippen molar-refractivity contribution in [3.05, 3.63) is 59.7 Å². The minimum absolute atomic E-state index is 0.143. The van der Waals surface area contributed by atoms with Gasteiger partial charge < -0.3 is 0 Å². The first kappa shape index (κ1) is 21.0. The van der Waals surface area contributed by atoms with Crippen LogP contribution in [0.1, 0.15) is 25.0 Å². The van der Waals surface area contributed by atoms with Crippen molar-refractivity contribution in [2.45, 2.75) is 36.5 Å². The Morgan fingerprint density at radius 2 is 0.893 bits per heavy atom. The number of aryl methyl sites for hydroxylation is 2. The highest BCUT2D eigenvalue weighted by Gasteiger charge is 2.33. The molecule has 0 amide bonds. The van der Waals surface area contributed by atoms with E-state index in [0.29, 0.717) is 0 Å². The molecule has 8 heteroatoms. The summed E-state index contributed by atoms with van der Waals surface area (Å²) in [5.74, 6) is 0. The molecule has 0 unspecified atom stereocenters. The van der Waals surface area contributed by atoms with E-state index in [1.165, 1.54) is 8.61 Å². The van der Waals surface area contributed by atoms with E-state index in [0.717, 1.165) is 24.0 Å². The fourth-order valence-electron chi connectivity index (χ4n) is 3.24. The lowest BCUT2D eigenvalue weighted by Gasteiger charge is -2.33. The maximum atomic E-state index is 12.8. The van der Waals surface area contributed by atoms with Gasteiger partial charge >= 0.3 is 0 Å². The molecule has 1 saturated heterocycles. The summed E-state index contributed by atoms with van der Waals surface area (Å²) in [6, 6.07) is 13.7. The number of nitrogens with zero attached hydrogens (tertiary/aromatic N) is 2. The summed E-state index contributed by atoms with van der Waals surface area (Å²) in [6.07, 6.45) is 1.69. The highest BCUT2D eigenvalue weighted by molar-refractivity contribution is 7.89. The van der Waals surface area contributed by atoms with E-state index in [4.69, 9.17) is 0 Å². The summed E-state index contributed by atoms with van der Waals surface area (Å²) in [7, 11) is -7.24. The van der Waals surface area contributed by atoms with Crippen LogP contribution in [-0.2, 0) is 32.9 Å². The average molecular weight is 423 g/mol. The molecule has 0 aliphatic carbocycles. The lowest BCUT2D eigenvalue weighted by molar-refractivity contribution is 0.273. The van der Waals surface area contributed by atoms with Gasteiger partial charge in [-0.15, -0.1) is 0 Å². The summed E-state index contributed by atoms with van der Waals surface area (Å²) in [4.78, 5) is 0.493. The highest BCUT2D eigenvalue weighted by atomic mass is 32.2. The molecule has 0 bridgehead atoms. The maximum Gasteiger partial charge on any atom is 0.243 e. The predicted molar refractivity (Wildman–Crippen MR) is 109 cm³/mol.